The first-order valence-corrected chi connectivity index (χ1v) is 5.13. The van der Waals surface area contributed by atoms with Crippen molar-refractivity contribution in [1.29, 1.82) is 0 Å². The van der Waals surface area contributed by atoms with Crippen molar-refractivity contribution in [2.45, 2.75) is 0 Å². The van der Waals surface area contributed by atoms with E-state index in [1.807, 2.05) is 30.3 Å². The fraction of sp³-hybridized carbons (Fsp3) is 0.0833. The van der Waals surface area contributed by atoms with E-state index < -0.39 is 0 Å². The molecule has 1 N–H and O–H groups in total. The van der Waals surface area contributed by atoms with Crippen LogP contribution in [0.25, 0.3) is 0 Å². The summed E-state index contributed by atoms with van der Waals surface area (Å²) in [5.41, 5.74) is 3.37. The molecule has 0 atom stereocenters. The molecule has 0 aliphatic rings. The van der Waals surface area contributed by atoms with Crippen LogP contribution in [0.15, 0.2) is 52.5 Å². The molecule has 0 amide bonds. The Hall–Kier alpha value is -2.43. The van der Waals surface area contributed by atoms with Crippen LogP contribution >= 0.6 is 0 Å². The van der Waals surface area contributed by atoms with Crippen LogP contribution in [-0.2, 0) is 7.05 Å². The lowest BCUT2D eigenvalue weighted by Gasteiger charge is -1.99. The van der Waals surface area contributed by atoms with Crippen molar-refractivity contribution in [3.63, 3.8) is 0 Å². The molecule has 17 heavy (non-hydrogen) atoms. The molecule has 1 aromatic carbocycles. The molecule has 5 heteroatoms. The second kappa shape index (κ2) is 5.07. The summed E-state index contributed by atoms with van der Waals surface area (Å²) in [6, 6.07) is 11.3. The molecule has 0 saturated carbocycles. The van der Waals surface area contributed by atoms with E-state index in [0.717, 1.165) is 5.56 Å². The number of nitrogens with one attached hydrogen (secondary N) is 1. The van der Waals surface area contributed by atoms with Gasteiger partial charge in [-0.15, -0.1) is 0 Å². The highest BCUT2D eigenvalue weighted by atomic mass is 16.1. The lowest BCUT2D eigenvalue weighted by molar-refractivity contribution is 0.811. The third-order valence-corrected chi connectivity index (χ3v) is 2.17. The number of anilines is 1. The molecule has 0 bridgehead atoms. The Bertz CT molecular complexity index is 575. The van der Waals surface area contributed by atoms with Crippen molar-refractivity contribution in [2.24, 2.45) is 12.1 Å². The predicted octanol–water partition coefficient (Wildman–Crippen LogP) is 1.23. The summed E-state index contributed by atoms with van der Waals surface area (Å²) >= 11 is 0. The first kappa shape index (κ1) is 11.1. The van der Waals surface area contributed by atoms with Gasteiger partial charge in [0.1, 0.15) is 0 Å². The maximum Gasteiger partial charge on any atom is 0.349 e. The van der Waals surface area contributed by atoms with Crippen LogP contribution < -0.4 is 11.1 Å². The van der Waals surface area contributed by atoms with Crippen molar-refractivity contribution in [2.75, 3.05) is 5.43 Å². The number of hydrogen-bond donors (Lipinski definition) is 1. The van der Waals surface area contributed by atoms with Gasteiger partial charge in [0.25, 0.3) is 0 Å². The molecular weight excluding hydrogens is 216 g/mol. The minimum absolute atomic E-state index is 0.315. The van der Waals surface area contributed by atoms with E-state index in [9.17, 15) is 4.79 Å². The van der Waals surface area contributed by atoms with E-state index in [-0.39, 0.29) is 5.69 Å². The van der Waals surface area contributed by atoms with Gasteiger partial charge in [0, 0.05) is 13.2 Å². The maximum absolute atomic E-state index is 11.2. The Morgan fingerprint density at radius 2 is 2.06 bits per heavy atom. The molecule has 2 aromatic rings. The van der Waals surface area contributed by atoms with Gasteiger partial charge in [0.05, 0.1) is 6.21 Å². The number of hydrogen-bond acceptors (Lipinski definition) is 4. The molecular formula is C12H12N4O. The number of benzene rings is 1. The smallest absolute Gasteiger partial charge is 0.302 e. The van der Waals surface area contributed by atoms with Crippen molar-refractivity contribution >= 4 is 12.0 Å². The third kappa shape index (κ3) is 3.01. The van der Waals surface area contributed by atoms with Gasteiger partial charge in [-0.3, -0.25) is 5.43 Å². The zero-order valence-electron chi connectivity index (χ0n) is 9.37. The molecule has 0 aliphatic carbocycles. The van der Waals surface area contributed by atoms with Gasteiger partial charge < -0.3 is 4.57 Å². The summed E-state index contributed by atoms with van der Waals surface area (Å²) in [6.07, 6.45) is 3.30. The predicted molar refractivity (Wildman–Crippen MR) is 67.1 cm³/mol. The van der Waals surface area contributed by atoms with E-state index in [2.05, 4.69) is 15.5 Å². The first-order valence-electron chi connectivity index (χ1n) is 5.13. The molecule has 0 radical (unpaired) electrons. The Balaban J connectivity index is 2.05. The van der Waals surface area contributed by atoms with E-state index in [1.165, 1.54) is 4.57 Å². The zero-order valence-corrected chi connectivity index (χ0v) is 9.37. The molecule has 0 spiro atoms. The minimum atomic E-state index is -0.315. The van der Waals surface area contributed by atoms with Crippen molar-refractivity contribution < 1.29 is 0 Å². The summed E-state index contributed by atoms with van der Waals surface area (Å²) < 4.78 is 1.39. The highest BCUT2D eigenvalue weighted by Crippen LogP contribution is 1.98. The molecule has 0 unspecified atom stereocenters. The van der Waals surface area contributed by atoms with Crippen LogP contribution in [0.3, 0.4) is 0 Å². The monoisotopic (exact) mass is 228 g/mol. The topological polar surface area (TPSA) is 59.3 Å². The SMILES string of the molecule is Cn1ccc(N/N=C/c2ccccc2)nc1=O. The molecule has 0 saturated heterocycles. The zero-order chi connectivity index (χ0) is 12.1. The van der Waals surface area contributed by atoms with Crippen LogP contribution in [0.5, 0.6) is 0 Å². The fourth-order valence-corrected chi connectivity index (χ4v) is 1.24. The summed E-state index contributed by atoms with van der Waals surface area (Å²) in [5, 5.41) is 4.00. The molecule has 86 valence electrons. The van der Waals surface area contributed by atoms with Crippen molar-refractivity contribution in [3.05, 3.63) is 58.6 Å². The lowest BCUT2D eigenvalue weighted by atomic mass is 10.2. The second-order valence-electron chi connectivity index (χ2n) is 3.49. The molecule has 1 aromatic heterocycles. The summed E-state index contributed by atoms with van der Waals surface area (Å²) in [5.74, 6) is 0.431. The molecule has 0 fully saturated rings. The minimum Gasteiger partial charge on any atom is -0.302 e. The molecule has 5 nitrogen and oxygen atoms in total. The Morgan fingerprint density at radius 3 is 2.76 bits per heavy atom. The Labute approximate surface area is 98.4 Å². The number of aryl methyl sites for hydroxylation is 1. The number of hydrazone groups is 1. The van der Waals surface area contributed by atoms with Crippen LogP contribution in [0, 0.1) is 0 Å². The van der Waals surface area contributed by atoms with Crippen molar-refractivity contribution in [1.82, 2.24) is 9.55 Å². The molecule has 0 aliphatic heterocycles. The van der Waals surface area contributed by atoms with E-state index in [4.69, 9.17) is 0 Å². The summed E-state index contributed by atoms with van der Waals surface area (Å²) in [4.78, 5) is 15.0. The molecule has 2 rings (SSSR count). The highest BCUT2D eigenvalue weighted by molar-refractivity contribution is 5.79. The first-order chi connectivity index (χ1) is 8.25. The van der Waals surface area contributed by atoms with Gasteiger partial charge in [-0.25, -0.2) is 4.79 Å². The number of aromatic nitrogens is 2. The number of nitrogens with zero attached hydrogens (tertiary/aromatic N) is 3. The average Bonchev–Trinajstić information content (AvgIpc) is 2.35. The van der Waals surface area contributed by atoms with Crippen LogP contribution in [0.4, 0.5) is 5.82 Å². The van der Waals surface area contributed by atoms with E-state index in [1.54, 1.807) is 25.5 Å². The van der Waals surface area contributed by atoms with Crippen LogP contribution in [-0.4, -0.2) is 15.8 Å². The number of rotatable bonds is 3. The van der Waals surface area contributed by atoms with E-state index >= 15 is 0 Å². The largest absolute Gasteiger partial charge is 0.349 e. The Kier molecular flexibility index (Phi) is 3.30. The molecule has 1 heterocycles. The van der Waals surface area contributed by atoms with Gasteiger partial charge in [0.2, 0.25) is 0 Å². The normalized spacial score (nSPS) is 10.6. The Morgan fingerprint density at radius 1 is 1.29 bits per heavy atom. The van der Waals surface area contributed by atoms with E-state index in [0.29, 0.717) is 5.82 Å². The van der Waals surface area contributed by atoms with Crippen LogP contribution in [0.1, 0.15) is 5.56 Å². The van der Waals surface area contributed by atoms with Gasteiger partial charge in [-0.1, -0.05) is 30.3 Å². The average molecular weight is 228 g/mol. The van der Waals surface area contributed by atoms with Gasteiger partial charge >= 0.3 is 5.69 Å². The summed E-state index contributed by atoms with van der Waals surface area (Å²) in [6.45, 7) is 0. The van der Waals surface area contributed by atoms with Crippen molar-refractivity contribution in [3.8, 4) is 0 Å². The third-order valence-electron chi connectivity index (χ3n) is 2.17. The highest BCUT2D eigenvalue weighted by Gasteiger charge is 1.94. The van der Waals surface area contributed by atoms with Gasteiger partial charge in [0.15, 0.2) is 5.82 Å². The second-order valence-corrected chi connectivity index (χ2v) is 3.49. The van der Waals surface area contributed by atoms with Gasteiger partial charge in [-0.05, 0) is 11.6 Å². The van der Waals surface area contributed by atoms with Crippen LogP contribution in [0.2, 0.25) is 0 Å². The lowest BCUT2D eigenvalue weighted by Crippen LogP contribution is -2.19. The standard InChI is InChI=1S/C12H12N4O/c1-16-8-7-11(14-12(16)17)15-13-9-10-5-3-2-4-6-10/h2-9H,1H3,(H,14,15,17)/b13-9+. The fourth-order valence-electron chi connectivity index (χ4n) is 1.24. The maximum atomic E-state index is 11.2. The quantitative estimate of drug-likeness (QED) is 0.635. The summed E-state index contributed by atoms with van der Waals surface area (Å²) in [7, 11) is 1.65. The van der Waals surface area contributed by atoms with Gasteiger partial charge in [-0.2, -0.15) is 10.1 Å².